The maximum Gasteiger partial charge on any atom is 0.253 e. The normalized spacial score (nSPS) is 15.7. The molecule has 0 spiro atoms. The van der Waals surface area contributed by atoms with Crippen molar-refractivity contribution in [3.05, 3.63) is 71.2 Å². The number of aromatic amines is 1. The number of halogens is 1. The minimum Gasteiger partial charge on any atom is -0.361 e. The second kappa shape index (κ2) is 6.36. The number of carbonyl (C=O) groups is 1. The van der Waals surface area contributed by atoms with Crippen LogP contribution in [0.3, 0.4) is 0 Å². The number of carbonyl (C=O) groups excluding carboxylic acids is 1. The first kappa shape index (κ1) is 15.9. The Balaban J connectivity index is 1.48. The first-order valence-corrected chi connectivity index (χ1v) is 8.74. The van der Waals surface area contributed by atoms with Gasteiger partial charge in [0.05, 0.1) is 0 Å². The molecule has 2 aromatic carbocycles. The van der Waals surface area contributed by atoms with Gasteiger partial charge in [0.1, 0.15) is 5.82 Å². The van der Waals surface area contributed by atoms with Crippen LogP contribution in [-0.2, 0) is 0 Å². The molecular weight excluding hydrogens is 315 g/mol. The monoisotopic (exact) mass is 336 g/mol. The lowest BCUT2D eigenvalue weighted by molar-refractivity contribution is 0.0713. The Hall–Kier alpha value is -2.62. The van der Waals surface area contributed by atoms with Gasteiger partial charge in [0.15, 0.2) is 0 Å². The van der Waals surface area contributed by atoms with Gasteiger partial charge in [0, 0.05) is 35.8 Å². The van der Waals surface area contributed by atoms with E-state index in [1.54, 1.807) is 12.1 Å². The van der Waals surface area contributed by atoms with Crippen molar-refractivity contribution in [2.75, 3.05) is 13.1 Å². The molecule has 1 aliphatic heterocycles. The van der Waals surface area contributed by atoms with Gasteiger partial charge in [-0.25, -0.2) is 4.39 Å². The van der Waals surface area contributed by atoms with Crippen molar-refractivity contribution in [2.45, 2.75) is 25.7 Å². The van der Waals surface area contributed by atoms with Crippen LogP contribution in [0.15, 0.2) is 48.7 Å². The van der Waals surface area contributed by atoms with E-state index >= 15 is 0 Å². The van der Waals surface area contributed by atoms with Crippen molar-refractivity contribution in [3.63, 3.8) is 0 Å². The summed E-state index contributed by atoms with van der Waals surface area (Å²) in [5.41, 5.74) is 4.03. The number of fused-ring (bicyclic) bond motifs is 1. The van der Waals surface area contributed by atoms with Crippen LogP contribution in [0.4, 0.5) is 4.39 Å². The topological polar surface area (TPSA) is 36.1 Å². The van der Waals surface area contributed by atoms with Crippen LogP contribution in [0.25, 0.3) is 10.9 Å². The molecule has 1 aromatic heterocycles. The number of hydrogen-bond acceptors (Lipinski definition) is 1. The number of aryl methyl sites for hydroxylation is 1. The highest BCUT2D eigenvalue weighted by Gasteiger charge is 2.26. The number of likely N-dealkylation sites (tertiary alicyclic amines) is 1. The number of hydrogen-bond donors (Lipinski definition) is 1. The van der Waals surface area contributed by atoms with Crippen molar-refractivity contribution in [3.8, 4) is 0 Å². The number of piperidine rings is 1. The zero-order valence-corrected chi connectivity index (χ0v) is 14.3. The minimum atomic E-state index is -0.208. The van der Waals surface area contributed by atoms with Crippen molar-refractivity contribution in [1.82, 2.24) is 9.88 Å². The minimum absolute atomic E-state index is 0.100. The Morgan fingerprint density at radius 3 is 2.56 bits per heavy atom. The third kappa shape index (κ3) is 3.04. The molecule has 1 saturated heterocycles. The first-order valence-electron chi connectivity index (χ1n) is 8.74. The number of nitrogens with zero attached hydrogens (tertiary/aromatic N) is 1. The molecule has 2 heterocycles. The molecule has 1 amide bonds. The molecule has 128 valence electrons. The summed E-state index contributed by atoms with van der Waals surface area (Å²) < 4.78 is 13.6. The van der Waals surface area contributed by atoms with Gasteiger partial charge in [-0.3, -0.25) is 4.79 Å². The quantitative estimate of drug-likeness (QED) is 0.727. The molecule has 0 unspecified atom stereocenters. The van der Waals surface area contributed by atoms with Crippen molar-refractivity contribution in [2.24, 2.45) is 0 Å². The molecular formula is C21H21FN2O. The summed E-state index contributed by atoms with van der Waals surface area (Å²) in [7, 11) is 0. The fraction of sp³-hybridized carbons (Fsp3) is 0.286. The summed E-state index contributed by atoms with van der Waals surface area (Å²) in [4.78, 5) is 17.8. The van der Waals surface area contributed by atoms with E-state index in [4.69, 9.17) is 0 Å². The number of amides is 1. The Bertz CT molecular complexity index is 905. The van der Waals surface area contributed by atoms with E-state index in [0.717, 1.165) is 53.5 Å². The van der Waals surface area contributed by atoms with Crippen LogP contribution in [0, 0.1) is 12.7 Å². The average molecular weight is 336 g/mol. The van der Waals surface area contributed by atoms with E-state index in [-0.39, 0.29) is 11.7 Å². The Morgan fingerprint density at radius 2 is 1.84 bits per heavy atom. The summed E-state index contributed by atoms with van der Waals surface area (Å²) in [6, 6.07) is 12.6. The van der Waals surface area contributed by atoms with Gasteiger partial charge in [-0.15, -0.1) is 0 Å². The highest BCUT2D eigenvalue weighted by Crippen LogP contribution is 2.33. The van der Waals surface area contributed by atoms with Gasteiger partial charge in [-0.1, -0.05) is 17.7 Å². The second-order valence-corrected chi connectivity index (χ2v) is 6.87. The zero-order chi connectivity index (χ0) is 17.4. The summed E-state index contributed by atoms with van der Waals surface area (Å²) in [6.45, 7) is 3.49. The van der Waals surface area contributed by atoms with Crippen LogP contribution < -0.4 is 0 Å². The molecule has 0 radical (unpaired) electrons. The lowest BCUT2D eigenvalue weighted by Gasteiger charge is -2.32. The van der Waals surface area contributed by atoms with Gasteiger partial charge < -0.3 is 9.88 Å². The van der Waals surface area contributed by atoms with E-state index in [1.165, 1.54) is 6.07 Å². The van der Waals surface area contributed by atoms with Crippen LogP contribution >= 0.6 is 0 Å². The van der Waals surface area contributed by atoms with Crippen molar-refractivity contribution < 1.29 is 9.18 Å². The van der Waals surface area contributed by atoms with Gasteiger partial charge in [-0.2, -0.15) is 0 Å². The summed E-state index contributed by atoms with van der Waals surface area (Å²) in [6.07, 6.45) is 3.80. The highest BCUT2D eigenvalue weighted by molar-refractivity contribution is 5.94. The van der Waals surface area contributed by atoms with E-state index in [0.29, 0.717) is 5.92 Å². The largest absolute Gasteiger partial charge is 0.361 e. The standard InChI is InChI=1S/C21H21FN2O/c1-14-2-4-16(5-3-14)21(25)24-10-8-15(9-11-24)19-13-23-20-7-6-17(22)12-18(19)20/h2-7,12-13,15,23H,8-11H2,1H3. The maximum absolute atomic E-state index is 13.6. The lowest BCUT2D eigenvalue weighted by Crippen LogP contribution is -2.37. The van der Waals surface area contributed by atoms with Gasteiger partial charge >= 0.3 is 0 Å². The fourth-order valence-electron chi connectivity index (χ4n) is 3.72. The molecule has 0 saturated carbocycles. The predicted octanol–water partition coefficient (Wildman–Crippen LogP) is 4.64. The molecule has 1 aliphatic rings. The van der Waals surface area contributed by atoms with Crippen LogP contribution in [0.2, 0.25) is 0 Å². The van der Waals surface area contributed by atoms with Crippen LogP contribution in [0.5, 0.6) is 0 Å². The number of aromatic nitrogens is 1. The lowest BCUT2D eigenvalue weighted by atomic mass is 9.89. The molecule has 0 atom stereocenters. The number of H-pyrrole nitrogens is 1. The second-order valence-electron chi connectivity index (χ2n) is 6.87. The third-order valence-electron chi connectivity index (χ3n) is 5.20. The average Bonchev–Trinajstić information content (AvgIpc) is 3.05. The summed E-state index contributed by atoms with van der Waals surface area (Å²) >= 11 is 0. The Morgan fingerprint density at radius 1 is 1.12 bits per heavy atom. The van der Waals surface area contributed by atoms with Gasteiger partial charge in [-0.05, 0) is 61.6 Å². The van der Waals surface area contributed by atoms with E-state index in [2.05, 4.69) is 4.98 Å². The van der Waals surface area contributed by atoms with E-state index in [1.807, 2.05) is 42.3 Å². The molecule has 4 rings (SSSR count). The van der Waals surface area contributed by atoms with Crippen molar-refractivity contribution in [1.29, 1.82) is 0 Å². The Kier molecular flexibility index (Phi) is 4.04. The van der Waals surface area contributed by atoms with E-state index < -0.39 is 0 Å². The fourth-order valence-corrected chi connectivity index (χ4v) is 3.72. The first-order chi connectivity index (χ1) is 12.1. The number of benzene rings is 2. The summed E-state index contributed by atoms with van der Waals surface area (Å²) in [5.74, 6) is 0.251. The zero-order valence-electron chi connectivity index (χ0n) is 14.3. The predicted molar refractivity (Wildman–Crippen MR) is 97.3 cm³/mol. The van der Waals surface area contributed by atoms with Gasteiger partial charge in [0.25, 0.3) is 5.91 Å². The summed E-state index contributed by atoms with van der Waals surface area (Å²) in [5, 5.41) is 0.961. The molecule has 1 fully saturated rings. The van der Waals surface area contributed by atoms with Gasteiger partial charge in [0.2, 0.25) is 0 Å². The molecule has 25 heavy (non-hydrogen) atoms. The van der Waals surface area contributed by atoms with Crippen molar-refractivity contribution >= 4 is 16.8 Å². The SMILES string of the molecule is Cc1ccc(C(=O)N2CCC(c3c[nH]c4ccc(F)cc34)CC2)cc1. The molecule has 0 bridgehead atoms. The third-order valence-corrected chi connectivity index (χ3v) is 5.20. The molecule has 0 aliphatic carbocycles. The smallest absolute Gasteiger partial charge is 0.253 e. The maximum atomic E-state index is 13.6. The Labute approximate surface area is 146 Å². The highest BCUT2D eigenvalue weighted by atomic mass is 19.1. The molecule has 3 aromatic rings. The van der Waals surface area contributed by atoms with Crippen LogP contribution in [0.1, 0.15) is 40.2 Å². The number of rotatable bonds is 2. The molecule has 3 nitrogen and oxygen atoms in total. The molecule has 4 heteroatoms. The molecule has 1 N–H and O–H groups in total. The van der Waals surface area contributed by atoms with Crippen LogP contribution in [-0.4, -0.2) is 28.9 Å². The number of nitrogens with one attached hydrogen (secondary N) is 1. The van der Waals surface area contributed by atoms with E-state index in [9.17, 15) is 9.18 Å².